The van der Waals surface area contributed by atoms with Crippen molar-refractivity contribution in [2.45, 2.75) is 337 Å². The number of hydrogen-bond donors (Lipinski definition) is 11. The van der Waals surface area contributed by atoms with Gasteiger partial charge >= 0.3 is 10.4 Å². The second-order valence-electron chi connectivity index (χ2n) is 23.0. The molecule has 2 amide bonds. The maximum Gasteiger partial charge on any atom is 0.397 e. The Morgan fingerprint density at radius 2 is 0.963 bits per heavy atom. The van der Waals surface area contributed by atoms with Crippen molar-refractivity contribution in [3.63, 3.8) is 0 Å². The van der Waals surface area contributed by atoms with Crippen LogP contribution in [0.25, 0.3) is 0 Å². The molecule has 0 aromatic carbocycles. The van der Waals surface area contributed by atoms with Crippen LogP contribution in [0.3, 0.4) is 0 Å². The molecule has 3 aliphatic heterocycles. The van der Waals surface area contributed by atoms with Gasteiger partial charge in [-0.25, -0.2) is 4.18 Å². The van der Waals surface area contributed by atoms with Crippen LogP contribution >= 0.6 is 0 Å². The Bertz CT molecular complexity index is 1740. The maximum absolute atomic E-state index is 13.6. The standard InChI is InChI=1S/C58H110N2O20S/c1-5-7-9-11-13-15-17-19-21-23-25-27-29-31-33-35-43(64)42(60-46(65)36-34-32-30-28-26-24-22-20-18-16-14-12-10-8-6-2)39-74-58-55(51(69)49(67)44(37-61)77-58)79-56-47(59-41(4)63)53(50(68)45(38-62)76-56)78-57-52(70)54(80-81(71,72)73)48(66)40(3)75-57/h40,42-45,47-58,61-62,64,66-70H,5-39H2,1-4H3,(H,59,63)(H,60,65)(H,71,72,73)/t40-,42-,43+,44+,45+,47+,48+,49+,50+,51-,52-,53+,54+,55-,56-,57-,58-/m0/s1. The van der Waals surface area contributed by atoms with Gasteiger partial charge < -0.3 is 79.9 Å². The number of rotatable bonds is 46. The molecule has 478 valence electrons. The van der Waals surface area contributed by atoms with E-state index in [9.17, 15) is 63.4 Å². The molecule has 0 radical (unpaired) electrons. The molecule has 0 aromatic rings. The highest BCUT2D eigenvalue weighted by molar-refractivity contribution is 7.80. The van der Waals surface area contributed by atoms with Crippen LogP contribution in [0.1, 0.15) is 233 Å². The molecule has 0 spiro atoms. The van der Waals surface area contributed by atoms with Gasteiger partial charge in [0.15, 0.2) is 18.9 Å². The highest BCUT2D eigenvalue weighted by Gasteiger charge is 2.55. The van der Waals surface area contributed by atoms with E-state index in [1.165, 1.54) is 135 Å². The lowest BCUT2D eigenvalue weighted by Gasteiger charge is -2.49. The number of hydrogen-bond acceptors (Lipinski definition) is 19. The number of amides is 2. The Hall–Kier alpha value is -1.75. The van der Waals surface area contributed by atoms with Gasteiger partial charge in [-0.2, -0.15) is 8.42 Å². The molecule has 81 heavy (non-hydrogen) atoms. The molecule has 11 N–H and O–H groups in total. The molecule has 0 aromatic heterocycles. The van der Waals surface area contributed by atoms with Gasteiger partial charge in [0.1, 0.15) is 67.1 Å². The summed E-state index contributed by atoms with van der Waals surface area (Å²) in [5.41, 5.74) is 0. The topological polar surface area (TPSA) is 339 Å². The van der Waals surface area contributed by atoms with E-state index in [1.807, 2.05) is 0 Å². The summed E-state index contributed by atoms with van der Waals surface area (Å²) in [7, 11) is -5.24. The van der Waals surface area contributed by atoms with Crippen LogP contribution in [-0.4, -0.2) is 190 Å². The summed E-state index contributed by atoms with van der Waals surface area (Å²) < 4.78 is 73.1. The Labute approximate surface area is 484 Å². The van der Waals surface area contributed by atoms with Crippen molar-refractivity contribution < 1.29 is 96.0 Å². The molecule has 17 atom stereocenters. The Morgan fingerprint density at radius 1 is 0.531 bits per heavy atom. The van der Waals surface area contributed by atoms with Crippen molar-refractivity contribution in [1.29, 1.82) is 0 Å². The van der Waals surface area contributed by atoms with Gasteiger partial charge in [-0.3, -0.25) is 14.1 Å². The molecule has 0 saturated carbocycles. The summed E-state index contributed by atoms with van der Waals surface area (Å²) in [5, 5.41) is 93.6. The lowest BCUT2D eigenvalue weighted by Crippen LogP contribution is -2.69. The number of unbranched alkanes of at least 4 members (excludes halogenated alkanes) is 28. The first-order valence-corrected chi connectivity index (χ1v) is 32.6. The van der Waals surface area contributed by atoms with E-state index in [0.29, 0.717) is 19.3 Å². The van der Waals surface area contributed by atoms with Gasteiger partial charge in [0, 0.05) is 13.3 Å². The maximum atomic E-state index is 13.6. The van der Waals surface area contributed by atoms with Crippen molar-refractivity contribution in [3.05, 3.63) is 0 Å². The Morgan fingerprint density at radius 3 is 1.42 bits per heavy atom. The zero-order valence-corrected chi connectivity index (χ0v) is 50.3. The van der Waals surface area contributed by atoms with Crippen molar-refractivity contribution in [3.8, 4) is 0 Å². The zero-order chi connectivity index (χ0) is 59.6. The third kappa shape index (κ3) is 28.5. The highest BCUT2D eigenvalue weighted by atomic mass is 32.3. The van der Waals surface area contributed by atoms with Crippen molar-refractivity contribution in [2.24, 2.45) is 0 Å². The smallest absolute Gasteiger partial charge is 0.394 e. The SMILES string of the molecule is CCCCCCCCCCCCCCCCCC(=O)N[C@@H](CO[C@H]1O[C@H](CO)[C@@H](O)[C@H](O)[C@@H]1O[C@@H]1O[C@H](CO)[C@@H](O)[C@H](O[C@@H]2O[C@@H](C)[C@@H](O)[C@@H](OS(=O)(=O)O)[C@@H]2O)[C@H]1NC(C)=O)[C@H](O)CCCCCCCCCCCCCCCCC. The Balaban J connectivity index is 1.71. The summed E-state index contributed by atoms with van der Waals surface area (Å²) in [6.45, 7) is 4.76. The summed E-state index contributed by atoms with van der Waals surface area (Å²) in [6.07, 6.45) is 10.0. The van der Waals surface area contributed by atoms with Crippen molar-refractivity contribution in [2.75, 3.05) is 19.8 Å². The van der Waals surface area contributed by atoms with Gasteiger partial charge in [0.05, 0.1) is 38.1 Å². The van der Waals surface area contributed by atoms with E-state index in [0.717, 1.165) is 58.3 Å². The van der Waals surface area contributed by atoms with Crippen LogP contribution in [0, 0.1) is 0 Å². The fraction of sp³-hybridized carbons (Fsp3) is 0.966. The number of nitrogens with one attached hydrogen (secondary N) is 2. The van der Waals surface area contributed by atoms with Crippen molar-refractivity contribution >= 4 is 22.2 Å². The van der Waals surface area contributed by atoms with Crippen LogP contribution in [-0.2, 0) is 52.6 Å². The number of carbonyl (C=O) groups excluding carboxylic acids is 2. The van der Waals surface area contributed by atoms with Crippen LogP contribution in [0.4, 0.5) is 0 Å². The van der Waals surface area contributed by atoms with Crippen LogP contribution in [0.2, 0.25) is 0 Å². The summed E-state index contributed by atoms with van der Waals surface area (Å²) >= 11 is 0. The minimum Gasteiger partial charge on any atom is -0.394 e. The summed E-state index contributed by atoms with van der Waals surface area (Å²) in [6, 6.07) is -2.61. The second kappa shape index (κ2) is 42.2. The fourth-order valence-electron chi connectivity index (χ4n) is 11.1. The molecule has 0 unspecified atom stereocenters. The van der Waals surface area contributed by atoms with E-state index in [1.54, 1.807) is 0 Å². The minimum absolute atomic E-state index is 0.213. The largest absolute Gasteiger partial charge is 0.397 e. The molecule has 3 aliphatic rings. The molecular formula is C58H110N2O20S. The molecular weight excluding hydrogens is 1080 g/mol. The highest BCUT2D eigenvalue weighted by Crippen LogP contribution is 2.34. The first-order chi connectivity index (χ1) is 38.9. The molecule has 23 heteroatoms. The predicted molar refractivity (Wildman–Crippen MR) is 303 cm³/mol. The zero-order valence-electron chi connectivity index (χ0n) is 49.5. The molecule has 3 saturated heterocycles. The summed E-state index contributed by atoms with van der Waals surface area (Å²) in [5.74, 6) is -1.04. The van der Waals surface area contributed by atoms with Gasteiger partial charge in [-0.15, -0.1) is 0 Å². The summed E-state index contributed by atoms with van der Waals surface area (Å²) in [4.78, 5) is 26.3. The molecule has 22 nitrogen and oxygen atoms in total. The van der Waals surface area contributed by atoms with E-state index >= 15 is 0 Å². The first kappa shape index (κ1) is 73.5. The normalized spacial score (nSPS) is 29.8. The predicted octanol–water partition coefficient (Wildman–Crippen LogP) is 5.82. The average molecular weight is 1190 g/mol. The number of aliphatic hydroxyl groups excluding tert-OH is 8. The Kier molecular flexibility index (Phi) is 38.3. The van der Waals surface area contributed by atoms with E-state index < -0.39 is 140 Å². The number of ether oxygens (including phenoxy) is 6. The molecule has 3 heterocycles. The van der Waals surface area contributed by atoms with Crippen molar-refractivity contribution in [1.82, 2.24) is 10.6 Å². The average Bonchev–Trinajstić information content (AvgIpc) is 3.56. The van der Waals surface area contributed by atoms with Gasteiger partial charge in [0.25, 0.3) is 0 Å². The van der Waals surface area contributed by atoms with Crippen LogP contribution in [0.5, 0.6) is 0 Å². The monoisotopic (exact) mass is 1190 g/mol. The van der Waals surface area contributed by atoms with E-state index in [-0.39, 0.29) is 12.3 Å². The third-order valence-electron chi connectivity index (χ3n) is 16.0. The van der Waals surface area contributed by atoms with Crippen LogP contribution in [0.15, 0.2) is 0 Å². The lowest BCUT2D eigenvalue weighted by atomic mass is 9.94. The molecule has 0 aliphatic carbocycles. The molecule has 3 rings (SSSR count). The quantitative estimate of drug-likeness (QED) is 0.0253. The minimum atomic E-state index is -5.24. The number of aliphatic hydroxyl groups is 8. The lowest BCUT2D eigenvalue weighted by molar-refractivity contribution is -0.369. The van der Waals surface area contributed by atoms with Gasteiger partial charge in [-0.05, 0) is 19.8 Å². The first-order valence-electron chi connectivity index (χ1n) is 31.3. The van der Waals surface area contributed by atoms with Gasteiger partial charge in [0.2, 0.25) is 11.8 Å². The van der Waals surface area contributed by atoms with Gasteiger partial charge in [-0.1, -0.05) is 200 Å². The third-order valence-corrected chi connectivity index (χ3v) is 16.5. The van der Waals surface area contributed by atoms with Crippen LogP contribution < -0.4 is 10.6 Å². The number of carbonyl (C=O) groups is 2. The second-order valence-corrected chi connectivity index (χ2v) is 24.1. The van der Waals surface area contributed by atoms with E-state index in [2.05, 4.69) is 28.7 Å². The molecule has 3 fully saturated rings. The molecule has 0 bridgehead atoms. The fourth-order valence-corrected chi connectivity index (χ4v) is 11.6. The van der Waals surface area contributed by atoms with E-state index in [4.69, 9.17) is 28.4 Å².